The van der Waals surface area contributed by atoms with Crippen molar-refractivity contribution in [3.63, 3.8) is 0 Å². The Morgan fingerprint density at radius 1 is 1.15 bits per heavy atom. The van der Waals surface area contributed by atoms with Crippen molar-refractivity contribution in [2.75, 3.05) is 71.7 Å². The average Bonchev–Trinajstić information content (AvgIpc) is 4.04. The van der Waals surface area contributed by atoms with Crippen molar-refractivity contribution in [2.24, 2.45) is 22.9 Å². The fourth-order valence-corrected chi connectivity index (χ4v) is 9.14. The number of alkyl halides is 1. The van der Waals surface area contributed by atoms with Crippen LogP contribution in [0.15, 0.2) is 47.7 Å². The molecule has 306 valence electrons. The zero-order valence-corrected chi connectivity index (χ0v) is 33.3. The highest BCUT2D eigenvalue weighted by Gasteiger charge is 2.65. The summed E-state index contributed by atoms with van der Waals surface area (Å²) in [7, 11) is 0. The number of aliphatic hydroxyl groups is 2. The van der Waals surface area contributed by atoms with Gasteiger partial charge in [0.25, 0.3) is 0 Å². The number of benzene rings is 1. The van der Waals surface area contributed by atoms with Gasteiger partial charge in [0.1, 0.15) is 30.8 Å². The average molecular weight is 788 g/mol. The Balaban J connectivity index is 1.54. The van der Waals surface area contributed by atoms with Crippen LogP contribution in [0, 0.1) is 17.8 Å². The van der Waals surface area contributed by atoms with Crippen molar-refractivity contribution >= 4 is 23.4 Å². The Kier molecular flexibility index (Phi) is 15.6. The Morgan fingerprint density at radius 2 is 1.96 bits per heavy atom. The second-order valence-corrected chi connectivity index (χ2v) is 15.7. The van der Waals surface area contributed by atoms with Crippen LogP contribution in [0.25, 0.3) is 0 Å². The molecule has 12 nitrogen and oxygen atoms in total. The van der Waals surface area contributed by atoms with E-state index in [1.807, 2.05) is 19.1 Å². The molecule has 1 unspecified atom stereocenters. The van der Waals surface area contributed by atoms with E-state index in [0.29, 0.717) is 51.2 Å². The van der Waals surface area contributed by atoms with Crippen molar-refractivity contribution in [3.8, 4) is 11.5 Å². The summed E-state index contributed by atoms with van der Waals surface area (Å²) >= 11 is 6.02. The Morgan fingerprint density at radius 3 is 2.67 bits per heavy atom. The largest absolute Gasteiger partial charge is 0.492 e. The summed E-state index contributed by atoms with van der Waals surface area (Å²) < 4.78 is 32.3. The molecular formula is C42H62ClN3O9. The molecule has 1 amide bonds. The van der Waals surface area contributed by atoms with Crippen LogP contribution in [0.4, 0.5) is 4.79 Å². The van der Waals surface area contributed by atoms with E-state index in [4.69, 9.17) is 45.3 Å². The Hall–Kier alpha value is -2.87. The first-order valence-corrected chi connectivity index (χ1v) is 21.2. The smallest absolute Gasteiger partial charge is 0.410 e. The third-order valence-electron chi connectivity index (χ3n) is 11.7. The molecule has 1 saturated carbocycles. The fraction of sp³-hybridized carbons (Fsp3) is 0.714. The molecule has 7 atom stereocenters. The lowest BCUT2D eigenvalue weighted by Gasteiger charge is -2.60. The molecule has 3 fully saturated rings. The van der Waals surface area contributed by atoms with Gasteiger partial charge in [-0.15, -0.1) is 18.2 Å². The van der Waals surface area contributed by atoms with Gasteiger partial charge < -0.3 is 38.7 Å². The van der Waals surface area contributed by atoms with Crippen LogP contribution in [0.2, 0.25) is 0 Å². The topological polar surface area (TPSA) is 132 Å². The number of hydrogen-bond acceptors (Lipinski definition) is 11. The summed E-state index contributed by atoms with van der Waals surface area (Å²) in [5.74, 6) is -0.00131. The van der Waals surface area contributed by atoms with Crippen LogP contribution in [-0.2, 0) is 19.0 Å². The van der Waals surface area contributed by atoms with Crippen LogP contribution in [-0.4, -0.2) is 122 Å². The molecule has 3 aliphatic heterocycles. The molecule has 2 N–H and O–H groups in total. The third kappa shape index (κ3) is 9.99. The van der Waals surface area contributed by atoms with E-state index in [0.717, 1.165) is 87.2 Å². The number of carbonyl (C=O) groups excluding carboxylic acids is 1. The second-order valence-electron chi connectivity index (χ2n) is 15.4. The van der Waals surface area contributed by atoms with Crippen LogP contribution in [0.3, 0.4) is 0 Å². The molecule has 0 aromatic heterocycles. The highest BCUT2D eigenvalue weighted by Crippen LogP contribution is 2.62. The van der Waals surface area contributed by atoms with Gasteiger partial charge in [0.15, 0.2) is 0 Å². The first-order chi connectivity index (χ1) is 27.0. The number of amides is 1. The number of allylic oxidation sites excluding steroid dienone is 1. The quantitative estimate of drug-likeness (QED) is 0.0434. The van der Waals surface area contributed by atoms with Gasteiger partial charge in [-0.3, -0.25) is 9.80 Å². The number of nitrogens with zero attached hydrogens (tertiary/aromatic N) is 3. The van der Waals surface area contributed by atoms with Gasteiger partial charge in [0.2, 0.25) is 12.1 Å². The normalized spacial score (nSPS) is 29.0. The van der Waals surface area contributed by atoms with Crippen molar-refractivity contribution in [1.82, 2.24) is 9.80 Å². The number of unbranched alkanes of at least 4 members (excludes halogenated alkanes) is 2. The summed E-state index contributed by atoms with van der Waals surface area (Å²) in [6.45, 7) is 11.2. The molecule has 13 heteroatoms. The molecule has 5 aliphatic rings. The Labute approximate surface area is 331 Å². The van der Waals surface area contributed by atoms with Crippen molar-refractivity contribution in [1.29, 1.82) is 0 Å². The molecule has 2 saturated heterocycles. The van der Waals surface area contributed by atoms with Crippen molar-refractivity contribution < 1.29 is 43.5 Å². The fourth-order valence-electron chi connectivity index (χ4n) is 9.07. The summed E-state index contributed by atoms with van der Waals surface area (Å²) in [6.07, 6.45) is 11.6. The number of hydrogen-bond donors (Lipinski definition) is 2. The lowest BCUT2D eigenvalue weighted by Crippen LogP contribution is -2.70. The summed E-state index contributed by atoms with van der Waals surface area (Å²) in [4.78, 5) is 24.3. The van der Waals surface area contributed by atoms with Gasteiger partial charge in [-0.1, -0.05) is 37.1 Å². The molecule has 3 heterocycles. The maximum atomic E-state index is 14.1. The first-order valence-electron chi connectivity index (χ1n) is 20.7. The molecule has 55 heavy (non-hydrogen) atoms. The van der Waals surface area contributed by atoms with Gasteiger partial charge in [0, 0.05) is 63.7 Å². The maximum absolute atomic E-state index is 14.1. The maximum Gasteiger partial charge on any atom is 0.410 e. The van der Waals surface area contributed by atoms with E-state index in [-0.39, 0.29) is 50.1 Å². The van der Waals surface area contributed by atoms with Crippen LogP contribution >= 0.6 is 11.6 Å². The molecule has 0 radical (unpaired) electrons. The van der Waals surface area contributed by atoms with Gasteiger partial charge in [-0.25, -0.2) is 4.79 Å². The van der Waals surface area contributed by atoms with E-state index < -0.39 is 30.1 Å². The predicted molar refractivity (Wildman–Crippen MR) is 211 cm³/mol. The predicted octanol–water partition coefficient (Wildman–Crippen LogP) is 6.63. The van der Waals surface area contributed by atoms with Gasteiger partial charge in [-0.05, 0) is 80.6 Å². The summed E-state index contributed by atoms with van der Waals surface area (Å²) in [5, 5.41) is 24.6. The molecule has 1 aromatic carbocycles. The number of rotatable bonds is 22. The summed E-state index contributed by atoms with van der Waals surface area (Å²) in [5.41, 5.74) is 2.75. The van der Waals surface area contributed by atoms with E-state index in [2.05, 4.69) is 23.6 Å². The SMILES string of the molecule is C=CCO[C@@]12Oc3ccc(OCCN4CC4)cc3[C@H]3[C@H](CCCCO)[C@@H](CCCCO)C=C(C(=NOC4CCCCO4)C[C@@H]1N(CCC)C(=O)OCCCl)[C@H]32. The number of carbonyl (C=O) groups is 1. The minimum Gasteiger partial charge on any atom is -0.492 e. The third-order valence-corrected chi connectivity index (χ3v) is 11.8. The molecular weight excluding hydrogens is 726 g/mol. The monoisotopic (exact) mass is 787 g/mol. The van der Waals surface area contributed by atoms with Gasteiger partial charge in [0.05, 0.1) is 30.7 Å². The Bertz CT molecular complexity index is 1470. The van der Waals surface area contributed by atoms with Crippen LogP contribution in [0.5, 0.6) is 11.5 Å². The van der Waals surface area contributed by atoms with E-state index >= 15 is 0 Å². The second kappa shape index (κ2) is 20.5. The number of halogens is 1. The highest BCUT2D eigenvalue weighted by molar-refractivity contribution is 6.18. The van der Waals surface area contributed by atoms with Gasteiger partial charge in [-0.2, -0.15) is 0 Å². The molecule has 2 aliphatic carbocycles. The van der Waals surface area contributed by atoms with Gasteiger partial charge >= 0.3 is 6.09 Å². The standard InChI is InChI=1S/C42H62ClN3O9/c1-3-17-46(41(49)52-25-16-43)37-29-35(44-55-38-13-7-10-24-51-38)33-27-30(11-5-8-21-47)32(12-6-9-22-48)39-34-28-31(50-26-20-45-18-19-45)14-15-36(34)54-42(37,40(33)39)53-23-4-2/h4,14-15,27-28,30,32,37-40,47-48H,2-3,5-13,16-26,29H2,1H3/t30-,32+,37-,38?,39+,40+,42+/m0/s1. The van der Waals surface area contributed by atoms with Crippen LogP contribution in [0.1, 0.15) is 89.0 Å². The lowest BCUT2D eigenvalue weighted by molar-refractivity contribution is -0.255. The lowest BCUT2D eigenvalue weighted by atomic mass is 9.55. The number of aliphatic hydroxyl groups excluding tert-OH is 2. The van der Waals surface area contributed by atoms with Crippen molar-refractivity contribution in [3.05, 3.63) is 48.1 Å². The first kappa shape index (κ1) is 41.8. The molecule has 0 bridgehead atoms. The van der Waals surface area contributed by atoms with E-state index in [9.17, 15) is 15.0 Å². The van der Waals surface area contributed by atoms with E-state index in [1.165, 1.54) is 0 Å². The minimum atomic E-state index is -1.35. The molecule has 6 rings (SSSR count). The number of ether oxygens (including phenoxy) is 5. The highest BCUT2D eigenvalue weighted by atomic mass is 35.5. The van der Waals surface area contributed by atoms with E-state index in [1.54, 1.807) is 11.0 Å². The number of fused-ring (bicyclic) bond motifs is 2. The van der Waals surface area contributed by atoms with Crippen LogP contribution < -0.4 is 9.47 Å². The zero-order valence-electron chi connectivity index (χ0n) is 32.6. The minimum absolute atomic E-state index is 0.0702. The molecule has 1 aromatic rings. The summed E-state index contributed by atoms with van der Waals surface area (Å²) in [6, 6.07) is 5.43. The zero-order chi connectivity index (χ0) is 38.6. The van der Waals surface area contributed by atoms with Crippen molar-refractivity contribution in [2.45, 2.75) is 102 Å². The number of oxime groups is 1. The molecule has 0 spiro atoms.